The van der Waals surface area contributed by atoms with E-state index in [1.54, 1.807) is 22.9 Å². The predicted molar refractivity (Wildman–Crippen MR) is 106 cm³/mol. The number of hydrogen-bond acceptors (Lipinski definition) is 3. The minimum absolute atomic E-state index is 0.0474. The van der Waals surface area contributed by atoms with Gasteiger partial charge in [0.15, 0.2) is 0 Å². The van der Waals surface area contributed by atoms with Crippen LogP contribution in [0.15, 0.2) is 55.3 Å². The zero-order valence-corrected chi connectivity index (χ0v) is 17.2. The van der Waals surface area contributed by atoms with Crippen molar-refractivity contribution in [3.63, 3.8) is 0 Å². The van der Waals surface area contributed by atoms with Gasteiger partial charge in [-0.15, -0.1) is 0 Å². The molecule has 0 bridgehead atoms. The van der Waals surface area contributed by atoms with Gasteiger partial charge in [-0.2, -0.15) is 4.98 Å². The van der Waals surface area contributed by atoms with Crippen LogP contribution in [0.4, 0.5) is 8.78 Å². The molecule has 4 nitrogen and oxygen atoms in total. The normalized spacial score (nSPS) is 12.9. The first kappa shape index (κ1) is 18.5. The van der Waals surface area contributed by atoms with Crippen LogP contribution < -0.4 is 5.56 Å². The zero-order valence-electron chi connectivity index (χ0n) is 13.3. The summed E-state index contributed by atoms with van der Waals surface area (Å²) in [5.74, 6) is -1.19. The molecule has 2 aromatic carbocycles. The fourth-order valence-electron chi connectivity index (χ4n) is 2.91. The highest BCUT2D eigenvalue weighted by Gasteiger charge is 2.27. The molecule has 3 aromatic rings. The van der Waals surface area contributed by atoms with Gasteiger partial charge in [0.05, 0.1) is 28.5 Å². The molecule has 1 aliphatic rings. The summed E-state index contributed by atoms with van der Waals surface area (Å²) in [4.78, 5) is 20.3. The molecule has 1 aromatic heterocycles. The van der Waals surface area contributed by atoms with E-state index in [-0.39, 0.29) is 27.3 Å². The molecule has 2 heterocycles. The molecule has 0 unspecified atom stereocenters. The number of halogens is 5. The highest BCUT2D eigenvalue weighted by atomic mass is 79.9. The molecule has 0 amide bonds. The van der Waals surface area contributed by atoms with Crippen molar-refractivity contribution in [3.8, 4) is 5.69 Å². The van der Waals surface area contributed by atoms with E-state index >= 15 is 0 Å². The Kier molecular flexibility index (Phi) is 4.73. The molecule has 0 radical (unpaired) electrons. The van der Waals surface area contributed by atoms with Crippen LogP contribution in [0.5, 0.6) is 0 Å². The van der Waals surface area contributed by atoms with E-state index in [1.165, 1.54) is 6.07 Å². The van der Waals surface area contributed by atoms with Crippen LogP contribution in [0.1, 0.15) is 17.0 Å². The van der Waals surface area contributed by atoms with Crippen molar-refractivity contribution in [1.29, 1.82) is 0 Å². The Balaban J connectivity index is 2.12. The van der Waals surface area contributed by atoms with E-state index in [0.717, 1.165) is 12.1 Å². The van der Waals surface area contributed by atoms with Crippen molar-refractivity contribution in [2.45, 2.75) is 6.54 Å². The van der Waals surface area contributed by atoms with E-state index in [0.29, 0.717) is 21.5 Å². The Morgan fingerprint density at radius 3 is 2.44 bits per heavy atom. The smallest absolute Gasteiger partial charge is 0.287 e. The van der Waals surface area contributed by atoms with Crippen molar-refractivity contribution < 1.29 is 8.78 Å². The third-order valence-electron chi connectivity index (χ3n) is 4.10. The van der Waals surface area contributed by atoms with E-state index in [4.69, 9.17) is 11.6 Å². The van der Waals surface area contributed by atoms with Crippen LogP contribution in [0.3, 0.4) is 0 Å². The first-order chi connectivity index (χ1) is 12.9. The molecule has 0 fully saturated rings. The predicted octanol–water partition coefficient (Wildman–Crippen LogP) is 5.04. The maximum atomic E-state index is 14.5. The molecule has 0 spiro atoms. The maximum Gasteiger partial charge on any atom is 0.287 e. The van der Waals surface area contributed by atoms with Gasteiger partial charge in [-0.3, -0.25) is 9.79 Å². The third-order valence-corrected chi connectivity index (χ3v) is 5.93. The second-order valence-electron chi connectivity index (χ2n) is 5.70. The third kappa shape index (κ3) is 3.05. The van der Waals surface area contributed by atoms with E-state index in [1.807, 2.05) is 0 Å². The number of benzene rings is 2. The number of aliphatic imine (C=N–C) groups is 1. The molecule has 4 rings (SSSR count). The first-order valence-corrected chi connectivity index (χ1v) is 9.60. The number of rotatable bonds is 1. The average molecular weight is 516 g/mol. The van der Waals surface area contributed by atoms with Gasteiger partial charge in [0.1, 0.15) is 21.9 Å². The second kappa shape index (κ2) is 6.92. The lowest BCUT2D eigenvalue weighted by Crippen LogP contribution is -2.17. The Labute approximate surface area is 173 Å². The summed E-state index contributed by atoms with van der Waals surface area (Å²) in [6, 6.07) is 7.01. The molecule has 0 saturated heterocycles. The van der Waals surface area contributed by atoms with Crippen molar-refractivity contribution in [2.24, 2.45) is 4.99 Å². The van der Waals surface area contributed by atoms with Crippen molar-refractivity contribution in [2.75, 3.05) is 0 Å². The van der Waals surface area contributed by atoms with Gasteiger partial charge in [-0.25, -0.2) is 8.78 Å². The van der Waals surface area contributed by atoms with Crippen LogP contribution in [0.25, 0.3) is 5.69 Å². The van der Waals surface area contributed by atoms with E-state index < -0.39 is 17.2 Å². The largest absolute Gasteiger partial charge is 0.302 e. The molecule has 0 N–H and O–H groups in total. The molecular weight excluding hydrogens is 507 g/mol. The van der Waals surface area contributed by atoms with Crippen molar-refractivity contribution >= 4 is 49.2 Å². The minimum atomic E-state index is -0.759. The highest BCUT2D eigenvalue weighted by Crippen LogP contribution is 2.36. The van der Waals surface area contributed by atoms with Gasteiger partial charge in [0.2, 0.25) is 0 Å². The summed E-state index contributed by atoms with van der Waals surface area (Å²) in [7, 11) is 0. The topological polar surface area (TPSA) is 47.2 Å². The molecule has 0 atom stereocenters. The summed E-state index contributed by atoms with van der Waals surface area (Å²) in [6.45, 7) is -0.0474. The lowest BCUT2D eigenvalue weighted by atomic mass is 9.99. The average Bonchev–Trinajstić information content (AvgIpc) is 2.77. The van der Waals surface area contributed by atoms with E-state index in [2.05, 4.69) is 41.8 Å². The SMILES string of the molecule is O=c1nc2n(cc1Br)-c1ccc(Br)c(Cl)c1C(c1c(F)cccc1F)=NC2. The quantitative estimate of drug-likeness (QED) is 0.456. The van der Waals surface area contributed by atoms with Gasteiger partial charge in [-0.1, -0.05) is 17.7 Å². The fraction of sp³-hybridized carbons (Fsp3) is 0.0556. The minimum Gasteiger partial charge on any atom is -0.302 e. The number of nitrogens with zero attached hydrogens (tertiary/aromatic N) is 3. The molecule has 27 heavy (non-hydrogen) atoms. The Bertz CT molecular complexity index is 1170. The number of hydrogen-bond donors (Lipinski definition) is 0. The van der Waals surface area contributed by atoms with Crippen molar-refractivity contribution in [3.05, 3.63) is 89.4 Å². The summed E-state index contributed by atoms with van der Waals surface area (Å²) in [5.41, 5.74) is 0.160. The first-order valence-electron chi connectivity index (χ1n) is 7.64. The van der Waals surface area contributed by atoms with Crippen LogP contribution in [-0.4, -0.2) is 15.3 Å². The van der Waals surface area contributed by atoms with Gasteiger partial charge < -0.3 is 4.57 Å². The number of aromatic nitrogens is 2. The molecule has 136 valence electrons. The van der Waals surface area contributed by atoms with E-state index in [9.17, 15) is 13.6 Å². The standard InChI is InChI=1S/C18H8Br2ClF2N3O/c19-8-4-5-12-15(16(8)21)17(14-10(22)2-1-3-11(14)23)24-6-13-25-18(27)9(20)7-26(12)13/h1-5,7H,6H2. The number of fused-ring (bicyclic) bond motifs is 3. The Hall–Kier alpha value is -1.90. The van der Waals surface area contributed by atoms with Gasteiger partial charge in [-0.05, 0) is 56.1 Å². The zero-order chi connectivity index (χ0) is 19.3. The van der Waals surface area contributed by atoms with Crippen LogP contribution >= 0.6 is 43.5 Å². The molecule has 9 heteroatoms. The summed E-state index contributed by atoms with van der Waals surface area (Å²) in [6.07, 6.45) is 1.55. The van der Waals surface area contributed by atoms with Gasteiger partial charge in [0, 0.05) is 16.2 Å². The Morgan fingerprint density at radius 1 is 1.04 bits per heavy atom. The lowest BCUT2D eigenvalue weighted by Gasteiger charge is -2.16. The molecule has 0 saturated carbocycles. The van der Waals surface area contributed by atoms with Crippen LogP contribution in [0, 0.1) is 11.6 Å². The van der Waals surface area contributed by atoms with Gasteiger partial charge in [0.25, 0.3) is 5.56 Å². The molecular formula is C18H8Br2ClF2N3O. The molecule has 0 aliphatic carbocycles. The summed E-state index contributed by atoms with van der Waals surface area (Å²) < 4.78 is 31.4. The summed E-state index contributed by atoms with van der Waals surface area (Å²) in [5, 5.41) is 0.247. The lowest BCUT2D eigenvalue weighted by molar-refractivity contribution is 0.579. The van der Waals surface area contributed by atoms with Crippen molar-refractivity contribution in [1.82, 2.24) is 9.55 Å². The summed E-state index contributed by atoms with van der Waals surface area (Å²) >= 11 is 13.0. The van der Waals surface area contributed by atoms with Crippen LogP contribution in [-0.2, 0) is 6.54 Å². The van der Waals surface area contributed by atoms with Gasteiger partial charge >= 0.3 is 0 Å². The maximum absolute atomic E-state index is 14.5. The Morgan fingerprint density at radius 2 is 1.74 bits per heavy atom. The fourth-order valence-corrected chi connectivity index (χ4v) is 3.78. The second-order valence-corrected chi connectivity index (χ2v) is 7.78. The highest BCUT2D eigenvalue weighted by molar-refractivity contribution is 9.10. The molecule has 1 aliphatic heterocycles. The monoisotopic (exact) mass is 513 g/mol. The van der Waals surface area contributed by atoms with Crippen LogP contribution in [0.2, 0.25) is 5.02 Å².